The first-order valence-corrected chi connectivity index (χ1v) is 11.0. The lowest BCUT2D eigenvalue weighted by Crippen LogP contribution is -2.18. The van der Waals surface area contributed by atoms with Crippen LogP contribution in [0.25, 0.3) is 11.3 Å². The maximum absolute atomic E-state index is 13.3. The Balaban J connectivity index is 1.89. The van der Waals surface area contributed by atoms with E-state index in [2.05, 4.69) is 10.3 Å². The third-order valence-corrected chi connectivity index (χ3v) is 5.44. The lowest BCUT2D eigenvalue weighted by atomic mass is 10.1. The standard InChI is InChI=1S/C20H20ClFN4O3S/c21-14-2-5-17(13(9-14)11-22)25-15-3-6-19(27)16(10-15)18-4-1-12(20(23)26-18)7-8-30(24,28)29/h1-6,9-10,25,27H,7-8,11H2,(H2,23,26)(H2,24,28,29). The van der Waals surface area contributed by atoms with E-state index in [9.17, 15) is 17.9 Å². The van der Waals surface area contributed by atoms with Crippen molar-refractivity contribution in [3.05, 3.63) is 64.7 Å². The molecule has 0 saturated heterocycles. The van der Waals surface area contributed by atoms with E-state index < -0.39 is 16.7 Å². The maximum atomic E-state index is 13.3. The largest absolute Gasteiger partial charge is 0.507 e. The molecule has 10 heteroatoms. The number of hydrogen-bond donors (Lipinski definition) is 4. The van der Waals surface area contributed by atoms with E-state index >= 15 is 0 Å². The lowest BCUT2D eigenvalue weighted by Gasteiger charge is -2.13. The zero-order chi connectivity index (χ0) is 21.9. The number of phenolic OH excluding ortho intramolecular Hbond substituents is 1. The van der Waals surface area contributed by atoms with Gasteiger partial charge in [-0.3, -0.25) is 0 Å². The molecule has 0 bridgehead atoms. The van der Waals surface area contributed by atoms with E-state index in [1.165, 1.54) is 12.1 Å². The number of hydrogen-bond acceptors (Lipinski definition) is 6. The van der Waals surface area contributed by atoms with Gasteiger partial charge in [-0.05, 0) is 54.4 Å². The number of pyridine rings is 1. The van der Waals surface area contributed by atoms with Crippen LogP contribution in [0.5, 0.6) is 5.75 Å². The van der Waals surface area contributed by atoms with Crippen molar-refractivity contribution in [1.29, 1.82) is 0 Å². The maximum Gasteiger partial charge on any atom is 0.209 e. The number of aryl methyl sites for hydroxylation is 1. The molecule has 0 aliphatic carbocycles. The van der Waals surface area contributed by atoms with E-state index in [0.717, 1.165) is 0 Å². The van der Waals surface area contributed by atoms with Gasteiger partial charge in [-0.15, -0.1) is 0 Å². The Kier molecular flexibility index (Phi) is 6.45. The number of sulfonamides is 1. The molecule has 0 amide bonds. The Hall–Kier alpha value is -2.88. The van der Waals surface area contributed by atoms with Crippen LogP contribution in [0.2, 0.25) is 5.02 Å². The van der Waals surface area contributed by atoms with Gasteiger partial charge < -0.3 is 16.2 Å². The Morgan fingerprint density at radius 2 is 1.87 bits per heavy atom. The summed E-state index contributed by atoms with van der Waals surface area (Å²) >= 11 is 5.91. The number of aromatic hydroxyl groups is 1. The van der Waals surface area contributed by atoms with Crippen LogP contribution in [0.15, 0.2) is 48.5 Å². The van der Waals surface area contributed by atoms with Crippen LogP contribution in [-0.2, 0) is 23.1 Å². The van der Waals surface area contributed by atoms with Gasteiger partial charge in [0, 0.05) is 27.5 Å². The summed E-state index contributed by atoms with van der Waals surface area (Å²) in [6, 6.07) is 12.9. The fourth-order valence-corrected chi connectivity index (χ4v) is 3.59. The predicted octanol–water partition coefficient (Wildman–Crippen LogP) is 3.73. The number of nitrogens with two attached hydrogens (primary N) is 2. The second-order valence-electron chi connectivity index (χ2n) is 6.65. The third-order valence-electron chi connectivity index (χ3n) is 4.43. The van der Waals surface area contributed by atoms with Crippen molar-refractivity contribution in [1.82, 2.24) is 4.98 Å². The molecule has 0 radical (unpaired) electrons. The third kappa shape index (κ3) is 5.38. The van der Waals surface area contributed by atoms with Crippen LogP contribution < -0.4 is 16.2 Å². The van der Waals surface area contributed by atoms with Crippen LogP contribution in [0.1, 0.15) is 11.1 Å². The summed E-state index contributed by atoms with van der Waals surface area (Å²) in [6.45, 7) is -0.689. The number of nitrogens with one attached hydrogen (secondary N) is 1. The molecule has 158 valence electrons. The summed E-state index contributed by atoms with van der Waals surface area (Å²) in [7, 11) is -3.62. The number of benzene rings is 2. The average Bonchev–Trinajstić information content (AvgIpc) is 2.69. The number of aromatic nitrogens is 1. The van der Waals surface area contributed by atoms with Crippen LogP contribution in [0.3, 0.4) is 0 Å². The molecular weight excluding hydrogens is 431 g/mol. The number of nitrogen functional groups attached to an aromatic ring is 1. The molecule has 30 heavy (non-hydrogen) atoms. The van der Waals surface area contributed by atoms with Crippen molar-refractivity contribution in [2.45, 2.75) is 13.1 Å². The van der Waals surface area contributed by atoms with Gasteiger partial charge in [0.15, 0.2) is 0 Å². The highest BCUT2D eigenvalue weighted by Crippen LogP contribution is 2.33. The number of alkyl halides is 1. The van der Waals surface area contributed by atoms with Gasteiger partial charge in [0.2, 0.25) is 10.0 Å². The minimum atomic E-state index is -3.62. The molecule has 0 fully saturated rings. The van der Waals surface area contributed by atoms with Crippen molar-refractivity contribution < 1.29 is 17.9 Å². The summed E-state index contributed by atoms with van der Waals surface area (Å²) < 4.78 is 35.6. The van der Waals surface area contributed by atoms with Gasteiger partial charge in [-0.1, -0.05) is 17.7 Å². The smallest absolute Gasteiger partial charge is 0.209 e. The van der Waals surface area contributed by atoms with Crippen molar-refractivity contribution >= 4 is 38.8 Å². The number of anilines is 3. The molecule has 6 N–H and O–H groups in total. The minimum absolute atomic E-state index is 0.0217. The molecule has 0 atom stereocenters. The SMILES string of the molecule is Nc1nc(-c2cc(Nc3ccc(Cl)cc3CF)ccc2O)ccc1CCS(N)(=O)=O. The predicted molar refractivity (Wildman–Crippen MR) is 117 cm³/mol. The van der Waals surface area contributed by atoms with Gasteiger partial charge in [-0.25, -0.2) is 22.9 Å². The van der Waals surface area contributed by atoms with Crippen molar-refractivity contribution in [3.8, 4) is 17.0 Å². The van der Waals surface area contributed by atoms with Gasteiger partial charge in [-0.2, -0.15) is 0 Å². The lowest BCUT2D eigenvalue weighted by molar-refractivity contribution is 0.477. The van der Waals surface area contributed by atoms with Crippen LogP contribution in [-0.4, -0.2) is 24.3 Å². The first-order valence-electron chi connectivity index (χ1n) is 8.87. The first-order chi connectivity index (χ1) is 14.2. The van der Waals surface area contributed by atoms with Crippen LogP contribution >= 0.6 is 11.6 Å². The number of primary sulfonamides is 1. The number of rotatable bonds is 7. The van der Waals surface area contributed by atoms with Gasteiger partial charge in [0.1, 0.15) is 18.2 Å². The molecule has 2 aromatic carbocycles. The monoisotopic (exact) mass is 450 g/mol. The quantitative estimate of drug-likeness (QED) is 0.405. The van der Waals surface area contributed by atoms with Crippen molar-refractivity contribution in [2.75, 3.05) is 16.8 Å². The van der Waals surface area contributed by atoms with Gasteiger partial charge in [0.05, 0.1) is 11.4 Å². The highest BCUT2D eigenvalue weighted by atomic mass is 35.5. The molecule has 0 aliphatic heterocycles. The molecule has 1 aromatic heterocycles. The molecule has 1 heterocycles. The Labute approximate surface area is 178 Å². The van der Waals surface area contributed by atoms with E-state index in [-0.39, 0.29) is 23.7 Å². The van der Waals surface area contributed by atoms with E-state index in [4.69, 9.17) is 22.5 Å². The van der Waals surface area contributed by atoms with Crippen molar-refractivity contribution in [2.24, 2.45) is 5.14 Å². The van der Waals surface area contributed by atoms with E-state index in [1.807, 2.05) is 0 Å². The summed E-state index contributed by atoms with van der Waals surface area (Å²) in [6.07, 6.45) is 0.133. The normalized spacial score (nSPS) is 11.4. The van der Waals surface area contributed by atoms with E-state index in [1.54, 1.807) is 36.4 Å². The second kappa shape index (κ2) is 8.86. The molecule has 0 saturated carbocycles. The summed E-state index contributed by atoms with van der Waals surface area (Å²) in [5, 5.41) is 18.8. The zero-order valence-electron chi connectivity index (χ0n) is 15.8. The van der Waals surface area contributed by atoms with Crippen LogP contribution in [0.4, 0.5) is 21.6 Å². The molecule has 0 unspecified atom stereocenters. The van der Waals surface area contributed by atoms with Gasteiger partial charge >= 0.3 is 0 Å². The van der Waals surface area contributed by atoms with Crippen molar-refractivity contribution in [3.63, 3.8) is 0 Å². The molecule has 3 rings (SSSR count). The molecule has 3 aromatic rings. The van der Waals surface area contributed by atoms with Crippen LogP contribution in [0, 0.1) is 0 Å². The molecule has 0 spiro atoms. The minimum Gasteiger partial charge on any atom is -0.507 e. The number of phenols is 1. The fraction of sp³-hybridized carbons (Fsp3) is 0.150. The Morgan fingerprint density at radius 3 is 2.53 bits per heavy atom. The Bertz CT molecular complexity index is 1190. The summed E-state index contributed by atoms with van der Waals surface area (Å²) in [5.74, 6) is -0.126. The number of nitrogens with zero attached hydrogens (tertiary/aromatic N) is 1. The summed E-state index contributed by atoms with van der Waals surface area (Å²) in [5.41, 5.74) is 8.84. The second-order valence-corrected chi connectivity index (χ2v) is 8.82. The highest BCUT2D eigenvalue weighted by molar-refractivity contribution is 7.89. The number of halogens is 2. The fourth-order valence-electron chi connectivity index (χ4n) is 2.89. The topological polar surface area (TPSA) is 131 Å². The average molecular weight is 451 g/mol. The Morgan fingerprint density at radius 1 is 1.10 bits per heavy atom. The van der Waals surface area contributed by atoms with Gasteiger partial charge in [0.25, 0.3) is 0 Å². The zero-order valence-corrected chi connectivity index (χ0v) is 17.3. The highest BCUT2D eigenvalue weighted by Gasteiger charge is 2.12. The first kappa shape index (κ1) is 21.8. The van der Waals surface area contributed by atoms with E-state index in [0.29, 0.717) is 38.8 Å². The molecular formula is C20H20ClFN4O3S. The summed E-state index contributed by atoms with van der Waals surface area (Å²) in [4.78, 5) is 4.28. The molecule has 7 nitrogen and oxygen atoms in total. The molecule has 0 aliphatic rings.